The van der Waals surface area contributed by atoms with Gasteiger partial charge in [0.2, 0.25) is 5.89 Å². The Bertz CT molecular complexity index is 698. The molecule has 0 bridgehead atoms. The van der Waals surface area contributed by atoms with Crippen molar-refractivity contribution in [2.45, 2.75) is 52.4 Å². The van der Waals surface area contributed by atoms with Crippen LogP contribution in [0.25, 0.3) is 0 Å². The topological polar surface area (TPSA) is 75.3 Å². The van der Waals surface area contributed by atoms with Gasteiger partial charge in [0.15, 0.2) is 11.8 Å². The lowest BCUT2D eigenvalue weighted by Crippen LogP contribution is -2.38. The van der Waals surface area contributed by atoms with Crippen LogP contribution in [0.15, 0.2) is 33.8 Å². The van der Waals surface area contributed by atoms with E-state index >= 15 is 0 Å². The average Bonchev–Trinajstić information content (AvgIpc) is 3.02. The van der Waals surface area contributed by atoms with Crippen molar-refractivity contribution in [1.29, 1.82) is 0 Å². The first kappa shape index (κ1) is 19.9. The number of aryl methyl sites for hydroxylation is 2. The van der Waals surface area contributed by atoms with Crippen LogP contribution in [0, 0.1) is 6.92 Å². The van der Waals surface area contributed by atoms with Crippen LogP contribution in [-0.2, 0) is 18.3 Å². The molecule has 26 heavy (non-hydrogen) atoms. The van der Waals surface area contributed by atoms with E-state index in [0.29, 0.717) is 11.7 Å². The average molecular weight is 358 g/mol. The molecule has 0 unspecified atom stereocenters. The predicted octanol–water partition coefficient (Wildman–Crippen LogP) is 3.02. The molecule has 0 aliphatic carbocycles. The largest absolute Gasteiger partial charge is 0.356 e. The van der Waals surface area contributed by atoms with E-state index in [9.17, 15) is 0 Å². The molecular formula is C20H31N5O. The molecule has 2 aromatic rings. The number of nitrogens with one attached hydrogen (secondary N) is 2. The fourth-order valence-corrected chi connectivity index (χ4v) is 2.61. The molecule has 0 spiro atoms. The van der Waals surface area contributed by atoms with Crippen LogP contribution in [-0.4, -0.2) is 36.2 Å². The maximum Gasteiger partial charge on any atom is 0.226 e. The van der Waals surface area contributed by atoms with Gasteiger partial charge >= 0.3 is 0 Å². The number of aliphatic imine (C=N–C) groups is 1. The van der Waals surface area contributed by atoms with E-state index in [1.807, 2.05) is 6.92 Å². The summed E-state index contributed by atoms with van der Waals surface area (Å²) in [5.74, 6) is 2.19. The quantitative estimate of drug-likeness (QED) is 0.453. The molecule has 0 atom stereocenters. The molecule has 6 heteroatoms. The summed E-state index contributed by atoms with van der Waals surface area (Å²) in [6, 6.07) is 8.87. The second-order valence-corrected chi connectivity index (χ2v) is 7.46. The first-order chi connectivity index (χ1) is 12.4. The Hall–Kier alpha value is -2.37. The van der Waals surface area contributed by atoms with Crippen LogP contribution in [0.2, 0.25) is 0 Å². The Balaban J connectivity index is 1.66. The van der Waals surface area contributed by atoms with Gasteiger partial charge < -0.3 is 15.2 Å². The molecule has 1 aromatic heterocycles. The van der Waals surface area contributed by atoms with Crippen LogP contribution in [0.3, 0.4) is 0 Å². The van der Waals surface area contributed by atoms with Crippen LogP contribution in [0.1, 0.15) is 50.0 Å². The Morgan fingerprint density at radius 1 is 1.08 bits per heavy atom. The highest BCUT2D eigenvalue weighted by Gasteiger charge is 2.12. The fraction of sp³-hybridized carbons (Fsp3) is 0.550. The molecule has 0 fully saturated rings. The second kappa shape index (κ2) is 9.36. The van der Waals surface area contributed by atoms with E-state index in [1.165, 1.54) is 11.1 Å². The third-order valence-corrected chi connectivity index (χ3v) is 4.18. The van der Waals surface area contributed by atoms with E-state index < -0.39 is 0 Å². The number of benzene rings is 1. The lowest BCUT2D eigenvalue weighted by atomic mass is 9.86. The summed E-state index contributed by atoms with van der Waals surface area (Å²) < 4.78 is 5.11. The molecule has 6 nitrogen and oxygen atoms in total. The molecule has 0 aliphatic heterocycles. The van der Waals surface area contributed by atoms with Gasteiger partial charge in [-0.1, -0.05) is 50.2 Å². The lowest BCUT2D eigenvalue weighted by molar-refractivity contribution is 0.372. The van der Waals surface area contributed by atoms with Gasteiger partial charge in [-0.15, -0.1) is 0 Å². The van der Waals surface area contributed by atoms with Crippen molar-refractivity contribution >= 4 is 5.96 Å². The first-order valence-corrected chi connectivity index (χ1v) is 9.21. The molecule has 1 aromatic carbocycles. The van der Waals surface area contributed by atoms with Crippen LogP contribution in [0.4, 0.5) is 0 Å². The van der Waals surface area contributed by atoms with Crippen LogP contribution in [0.5, 0.6) is 0 Å². The second-order valence-electron chi connectivity index (χ2n) is 7.46. The van der Waals surface area contributed by atoms with Gasteiger partial charge in [-0.25, -0.2) is 0 Å². The van der Waals surface area contributed by atoms with Gasteiger partial charge in [0.25, 0.3) is 0 Å². The molecular weight excluding hydrogens is 326 g/mol. The molecule has 0 saturated carbocycles. The monoisotopic (exact) mass is 357 g/mol. The van der Waals surface area contributed by atoms with E-state index in [4.69, 9.17) is 4.52 Å². The Morgan fingerprint density at radius 3 is 2.35 bits per heavy atom. The standard InChI is InChI=1S/C20H31N5O/c1-15-24-18(26-25-15)7-6-13-22-19(21-5)23-14-12-16-8-10-17(11-9-16)20(2,3)4/h8-11H,6-7,12-14H2,1-5H3,(H2,21,22,23). The van der Waals surface area contributed by atoms with Gasteiger partial charge in [-0.2, -0.15) is 4.98 Å². The van der Waals surface area contributed by atoms with Gasteiger partial charge in [0, 0.05) is 26.6 Å². The van der Waals surface area contributed by atoms with Crippen LogP contribution >= 0.6 is 0 Å². The number of hydrogen-bond donors (Lipinski definition) is 2. The van der Waals surface area contributed by atoms with E-state index in [0.717, 1.165) is 38.3 Å². The number of nitrogens with zero attached hydrogens (tertiary/aromatic N) is 3. The van der Waals surface area contributed by atoms with Gasteiger partial charge in [-0.05, 0) is 36.3 Å². The summed E-state index contributed by atoms with van der Waals surface area (Å²) in [5, 5.41) is 10.5. The zero-order valence-electron chi connectivity index (χ0n) is 16.6. The predicted molar refractivity (Wildman–Crippen MR) is 106 cm³/mol. The lowest BCUT2D eigenvalue weighted by Gasteiger charge is -2.19. The summed E-state index contributed by atoms with van der Waals surface area (Å²) in [6.07, 6.45) is 2.65. The van der Waals surface area contributed by atoms with Gasteiger partial charge in [-0.3, -0.25) is 4.99 Å². The molecule has 1 heterocycles. The summed E-state index contributed by atoms with van der Waals surface area (Å²) in [5.41, 5.74) is 2.89. The smallest absolute Gasteiger partial charge is 0.226 e. The first-order valence-electron chi connectivity index (χ1n) is 9.21. The van der Waals surface area contributed by atoms with Gasteiger partial charge in [0.1, 0.15) is 0 Å². The number of hydrogen-bond acceptors (Lipinski definition) is 4. The highest BCUT2D eigenvalue weighted by molar-refractivity contribution is 5.79. The summed E-state index contributed by atoms with van der Waals surface area (Å²) in [6.45, 7) is 10.2. The summed E-state index contributed by atoms with van der Waals surface area (Å²) in [4.78, 5) is 8.46. The third-order valence-electron chi connectivity index (χ3n) is 4.18. The number of rotatable bonds is 7. The molecule has 0 amide bonds. The van der Waals surface area contributed by atoms with Crippen molar-refractivity contribution in [3.63, 3.8) is 0 Å². The van der Waals surface area contributed by atoms with Crippen molar-refractivity contribution in [3.8, 4) is 0 Å². The van der Waals surface area contributed by atoms with Crippen molar-refractivity contribution in [2.75, 3.05) is 20.1 Å². The minimum atomic E-state index is 0.197. The van der Waals surface area contributed by atoms with Crippen molar-refractivity contribution in [2.24, 2.45) is 4.99 Å². The summed E-state index contributed by atoms with van der Waals surface area (Å²) in [7, 11) is 1.79. The van der Waals surface area contributed by atoms with Crippen molar-refractivity contribution in [3.05, 3.63) is 47.1 Å². The molecule has 0 aliphatic rings. The number of aromatic nitrogens is 2. The Labute approximate surface area is 156 Å². The minimum absolute atomic E-state index is 0.197. The normalized spacial score (nSPS) is 12.3. The van der Waals surface area contributed by atoms with E-state index in [-0.39, 0.29) is 5.41 Å². The van der Waals surface area contributed by atoms with Crippen LogP contribution < -0.4 is 10.6 Å². The highest BCUT2D eigenvalue weighted by atomic mass is 16.5. The molecule has 2 N–H and O–H groups in total. The maximum atomic E-state index is 5.11. The SMILES string of the molecule is CN=C(NCCCc1nc(C)no1)NCCc1ccc(C(C)(C)C)cc1. The fourth-order valence-electron chi connectivity index (χ4n) is 2.61. The number of guanidine groups is 1. The molecule has 142 valence electrons. The zero-order valence-corrected chi connectivity index (χ0v) is 16.6. The van der Waals surface area contributed by atoms with Gasteiger partial charge in [0.05, 0.1) is 0 Å². The molecule has 0 radical (unpaired) electrons. The van der Waals surface area contributed by atoms with Crippen molar-refractivity contribution in [1.82, 2.24) is 20.8 Å². The highest BCUT2D eigenvalue weighted by Crippen LogP contribution is 2.22. The van der Waals surface area contributed by atoms with E-state index in [2.05, 4.69) is 70.8 Å². The summed E-state index contributed by atoms with van der Waals surface area (Å²) >= 11 is 0. The Morgan fingerprint density at radius 2 is 1.77 bits per heavy atom. The molecule has 2 rings (SSSR count). The zero-order chi connectivity index (χ0) is 19.0. The third kappa shape index (κ3) is 6.50. The maximum absolute atomic E-state index is 5.11. The Kier molecular flexibility index (Phi) is 7.18. The van der Waals surface area contributed by atoms with Crippen molar-refractivity contribution < 1.29 is 4.52 Å². The minimum Gasteiger partial charge on any atom is -0.356 e. The molecule has 0 saturated heterocycles. The van der Waals surface area contributed by atoms with E-state index in [1.54, 1.807) is 7.05 Å².